The smallest absolute Gasteiger partial charge is 0.343 e. The number of hydrogen-bond acceptors (Lipinski definition) is 16. The summed E-state index contributed by atoms with van der Waals surface area (Å²) in [6.07, 6.45) is 9.88. The molecule has 0 bridgehead atoms. The molecule has 19 nitrogen and oxygen atoms in total. The summed E-state index contributed by atoms with van der Waals surface area (Å²) in [5.74, 6) is -0.104. The number of ether oxygens (including phenoxy) is 8. The number of rotatable bonds is 32. The Kier molecular flexibility index (Phi) is 20.7. The summed E-state index contributed by atoms with van der Waals surface area (Å²) in [5.41, 5.74) is 1.70. The van der Waals surface area contributed by atoms with E-state index in [9.17, 15) is 24.0 Å². The quantitative estimate of drug-likeness (QED) is 0.0125. The number of thioether (sulfide) groups is 1. The van der Waals surface area contributed by atoms with E-state index in [4.69, 9.17) is 37.9 Å². The molecule has 418 valence electrons. The van der Waals surface area contributed by atoms with Crippen LogP contribution in [0.4, 0.5) is 4.79 Å². The summed E-state index contributed by atoms with van der Waals surface area (Å²) in [6, 6.07) is 18.9. The van der Waals surface area contributed by atoms with Gasteiger partial charge in [0, 0.05) is 65.5 Å². The Labute approximate surface area is 459 Å². The van der Waals surface area contributed by atoms with Gasteiger partial charge in [0.05, 0.1) is 69.6 Å². The molecule has 5 N–H and O–H groups in total. The zero-order valence-corrected chi connectivity index (χ0v) is 45.6. The molecule has 0 aliphatic carbocycles. The van der Waals surface area contributed by atoms with Crippen LogP contribution < -0.4 is 35.5 Å². The van der Waals surface area contributed by atoms with Crippen LogP contribution in [0, 0.1) is 6.92 Å². The Bertz CT molecular complexity index is 2820. The number of aromatic nitrogens is 1. The van der Waals surface area contributed by atoms with Crippen molar-refractivity contribution in [2.45, 2.75) is 74.9 Å². The third-order valence-electron chi connectivity index (χ3n) is 14.2. The van der Waals surface area contributed by atoms with Crippen LogP contribution >= 0.6 is 11.8 Å². The molecule has 2 saturated heterocycles. The second-order valence-corrected chi connectivity index (χ2v) is 20.6. The van der Waals surface area contributed by atoms with E-state index < -0.39 is 23.3 Å². The fourth-order valence-corrected chi connectivity index (χ4v) is 11.8. The average molecular weight is 1090 g/mol. The topological polar surface area (TPSA) is 226 Å². The van der Waals surface area contributed by atoms with E-state index in [1.165, 1.54) is 20.3 Å². The molecule has 3 amide bonds. The van der Waals surface area contributed by atoms with Crippen LogP contribution in [0.15, 0.2) is 96.7 Å². The summed E-state index contributed by atoms with van der Waals surface area (Å²) in [7, 11) is 2.45. The van der Waals surface area contributed by atoms with E-state index in [2.05, 4.69) is 32.8 Å². The van der Waals surface area contributed by atoms with Gasteiger partial charge in [-0.2, -0.15) is 11.8 Å². The Morgan fingerprint density at radius 1 is 0.859 bits per heavy atom. The minimum atomic E-state index is -1.85. The minimum Gasteiger partial charge on any atom is -0.488 e. The predicted octanol–water partition coefficient (Wildman–Crippen LogP) is 5.98. The van der Waals surface area contributed by atoms with Gasteiger partial charge in [0.1, 0.15) is 30.5 Å². The second-order valence-electron chi connectivity index (χ2n) is 19.3. The van der Waals surface area contributed by atoms with Gasteiger partial charge < -0.3 is 69.0 Å². The second kappa shape index (κ2) is 28.2. The number of aromatic amines is 1. The highest BCUT2D eigenvalue weighted by molar-refractivity contribution is 8.00. The van der Waals surface area contributed by atoms with Gasteiger partial charge in [0.25, 0.3) is 5.91 Å². The molecule has 4 aromatic rings. The maximum Gasteiger partial charge on any atom is 0.343 e. The molecule has 20 heteroatoms. The van der Waals surface area contributed by atoms with Gasteiger partial charge in [-0.1, -0.05) is 49.4 Å². The van der Waals surface area contributed by atoms with Crippen LogP contribution in [-0.2, 0) is 56.6 Å². The number of ketones is 1. The standard InChI is InChI=1S/C58H72N6O13S/c1-5-25-75-53-38(2)48(77-35-39-13-7-6-8-14-39)19-17-43(53)52(66)40-32-45(55(67)70-3)58(56(68)71-4)54-42(20-24-64(58)34-40)44-33-41(16-18-46(44)61-54)76-36-50(65)60-23-12-27-73-29-31-74-30-28-72-26-11-22-59-21-10-9-15-49-51-47(37-78-49)62-57(69)63-51/h5-8,13-14,16-19,32-34,47,49,51,59,61H,1,9-12,15,20-31,35-37H2,2-4H3,(H,60,65)(H2,62,63,69). The highest BCUT2D eigenvalue weighted by Gasteiger charge is 2.58. The monoisotopic (exact) mass is 1090 g/mol. The summed E-state index contributed by atoms with van der Waals surface area (Å²) >= 11 is 1.96. The lowest BCUT2D eigenvalue weighted by atomic mass is 9.75. The number of hydrogen-bond donors (Lipinski definition) is 5. The number of carbonyl (C=O) groups is 5. The van der Waals surface area contributed by atoms with E-state index in [1.54, 1.807) is 54.4 Å². The van der Waals surface area contributed by atoms with Gasteiger partial charge in [-0.05, 0) is 99.7 Å². The number of benzene rings is 3. The maximum absolute atomic E-state index is 14.6. The number of allylic oxidation sites excluding steroid dienone is 2. The van der Waals surface area contributed by atoms with Gasteiger partial charge in [0.15, 0.2) is 12.4 Å². The van der Waals surface area contributed by atoms with Gasteiger partial charge in [-0.3, -0.25) is 9.59 Å². The Morgan fingerprint density at radius 2 is 1.62 bits per heavy atom. The number of carbonyl (C=O) groups excluding carboxylic acids is 5. The number of nitrogens with zero attached hydrogens (tertiary/aromatic N) is 1. The van der Waals surface area contributed by atoms with E-state index in [1.807, 2.05) is 42.1 Å². The molecule has 5 heterocycles. The molecule has 0 saturated carbocycles. The van der Waals surface area contributed by atoms with E-state index >= 15 is 0 Å². The lowest BCUT2D eigenvalue weighted by Gasteiger charge is -2.46. The SMILES string of the molecule is C=CCOc1c(C(=O)C2=CN3CCc4c([nH]c5ccc(OCC(=O)NCCCOCCOCCOCCCNCCCCC6SCC7NC(=O)NC76)cc45)C3(C(=O)OC)C(C(=O)OC)=C2)ccc(OCc2ccccc2)c1C. The minimum absolute atomic E-state index is 0.0286. The number of Topliss-reactive ketones (excluding diaryl/α,β-unsaturated/α-hetero) is 1. The normalized spacial score (nSPS) is 19.1. The third-order valence-corrected chi connectivity index (χ3v) is 15.7. The summed E-state index contributed by atoms with van der Waals surface area (Å²) < 4.78 is 45.9. The first kappa shape index (κ1) is 57.3. The Balaban J connectivity index is 0.770. The molecule has 4 atom stereocenters. The van der Waals surface area contributed by atoms with Crippen LogP contribution in [0.3, 0.4) is 0 Å². The number of unbranched alkanes of at least 4 members (excludes halogenated alkanes) is 1. The van der Waals surface area contributed by atoms with E-state index in [0.717, 1.165) is 61.0 Å². The van der Waals surface area contributed by atoms with E-state index in [0.29, 0.717) is 105 Å². The molecular weight excluding hydrogens is 1020 g/mol. The van der Waals surface area contributed by atoms with Gasteiger partial charge in [-0.15, -0.1) is 0 Å². The molecule has 3 aromatic carbocycles. The van der Waals surface area contributed by atoms with Gasteiger partial charge in [0.2, 0.25) is 5.54 Å². The van der Waals surface area contributed by atoms with Crippen LogP contribution in [-0.4, -0.2) is 156 Å². The van der Waals surface area contributed by atoms with E-state index in [-0.39, 0.29) is 60.5 Å². The van der Waals surface area contributed by atoms with Gasteiger partial charge >= 0.3 is 18.0 Å². The van der Waals surface area contributed by atoms with Crippen molar-refractivity contribution in [3.05, 3.63) is 125 Å². The molecule has 1 aromatic heterocycles. The molecule has 4 unspecified atom stereocenters. The van der Waals surface area contributed by atoms with Crippen molar-refractivity contribution < 1.29 is 61.9 Å². The number of H-pyrrole nitrogens is 1. The number of methoxy groups -OCH3 is 2. The first-order valence-corrected chi connectivity index (χ1v) is 27.8. The summed E-state index contributed by atoms with van der Waals surface area (Å²) in [5, 5.41) is 13.6. The van der Waals surface area contributed by atoms with Crippen molar-refractivity contribution in [3.8, 4) is 17.2 Å². The zero-order chi connectivity index (χ0) is 54.9. The van der Waals surface area contributed by atoms with Crippen molar-refractivity contribution in [1.82, 2.24) is 31.2 Å². The predicted molar refractivity (Wildman–Crippen MR) is 295 cm³/mol. The molecule has 78 heavy (non-hydrogen) atoms. The number of amides is 3. The van der Waals surface area contributed by atoms with Crippen LogP contribution in [0.25, 0.3) is 10.9 Å². The number of urea groups is 1. The molecule has 4 aliphatic rings. The van der Waals surface area contributed by atoms with Crippen molar-refractivity contribution in [3.63, 3.8) is 0 Å². The molecule has 4 aliphatic heterocycles. The average Bonchev–Trinajstić information content (AvgIpc) is 4.23. The lowest BCUT2D eigenvalue weighted by Crippen LogP contribution is -2.58. The van der Waals surface area contributed by atoms with Crippen molar-refractivity contribution in [1.29, 1.82) is 0 Å². The fraction of sp³-hybridized carbons (Fsp3) is 0.466. The molecule has 2 fully saturated rings. The molecule has 8 rings (SSSR count). The van der Waals surface area contributed by atoms with Crippen LogP contribution in [0.1, 0.15) is 64.8 Å². The zero-order valence-electron chi connectivity index (χ0n) is 44.7. The van der Waals surface area contributed by atoms with Crippen molar-refractivity contribution >= 4 is 52.3 Å². The summed E-state index contributed by atoms with van der Waals surface area (Å²) in [4.78, 5) is 72.3. The van der Waals surface area contributed by atoms with Crippen molar-refractivity contribution in [2.75, 3.05) is 99.0 Å². The number of esters is 2. The number of fused-ring (bicyclic) bond motifs is 6. The van der Waals surface area contributed by atoms with Crippen molar-refractivity contribution in [2.24, 2.45) is 0 Å². The van der Waals surface area contributed by atoms with Crippen LogP contribution in [0.2, 0.25) is 0 Å². The largest absolute Gasteiger partial charge is 0.488 e. The highest BCUT2D eigenvalue weighted by atomic mass is 32.2. The maximum atomic E-state index is 14.6. The Morgan fingerprint density at radius 3 is 2.37 bits per heavy atom. The third kappa shape index (κ3) is 13.7. The fourth-order valence-electron chi connectivity index (χ4n) is 10.3. The first-order valence-electron chi connectivity index (χ1n) is 26.7. The highest BCUT2D eigenvalue weighted by Crippen LogP contribution is 2.48. The Hall–Kier alpha value is -6.84. The molecule has 0 radical (unpaired) electrons. The number of nitrogens with one attached hydrogen (secondary N) is 5. The lowest BCUT2D eigenvalue weighted by molar-refractivity contribution is -0.156. The van der Waals surface area contributed by atoms with Gasteiger partial charge in [-0.25, -0.2) is 14.4 Å². The summed E-state index contributed by atoms with van der Waals surface area (Å²) in [6.45, 7) is 11.3. The molecule has 0 spiro atoms. The molecular formula is C58H72N6O13S. The first-order chi connectivity index (χ1) is 38.1. The van der Waals surface area contributed by atoms with Crippen LogP contribution in [0.5, 0.6) is 17.2 Å².